The summed E-state index contributed by atoms with van der Waals surface area (Å²) in [4.78, 5) is 0. The van der Waals surface area contributed by atoms with Crippen LogP contribution in [0.5, 0.6) is 11.5 Å². The van der Waals surface area contributed by atoms with E-state index in [-0.39, 0.29) is 6.04 Å². The molecule has 0 spiro atoms. The molecule has 2 aromatic rings. The summed E-state index contributed by atoms with van der Waals surface area (Å²) in [7, 11) is 0. The minimum Gasteiger partial charge on any atom is -0.457 e. The van der Waals surface area contributed by atoms with Gasteiger partial charge in [-0.05, 0) is 49.2 Å². The topological polar surface area (TPSA) is 35.2 Å². The highest BCUT2D eigenvalue weighted by Crippen LogP contribution is 2.32. The van der Waals surface area contributed by atoms with Crippen molar-refractivity contribution in [2.45, 2.75) is 19.4 Å². The molecule has 2 aromatic carbocycles. The Hall–Kier alpha value is -0.740. The van der Waals surface area contributed by atoms with Crippen LogP contribution < -0.4 is 10.5 Å². The quantitative estimate of drug-likeness (QED) is 0.773. The zero-order valence-electron chi connectivity index (χ0n) is 10.9. The fourth-order valence-electron chi connectivity index (χ4n) is 1.82. The van der Waals surface area contributed by atoms with E-state index in [1.54, 1.807) is 18.2 Å². The first-order chi connectivity index (χ1) is 9.45. The summed E-state index contributed by atoms with van der Waals surface area (Å²) in [5.41, 5.74) is 6.91. The molecule has 1 unspecified atom stereocenters. The summed E-state index contributed by atoms with van der Waals surface area (Å²) in [5.74, 6) is 1.41. The van der Waals surface area contributed by atoms with E-state index in [9.17, 15) is 0 Å². The van der Waals surface area contributed by atoms with Crippen molar-refractivity contribution in [1.29, 1.82) is 0 Å². The van der Waals surface area contributed by atoms with Crippen molar-refractivity contribution in [3.8, 4) is 11.5 Å². The number of halogens is 3. The van der Waals surface area contributed by atoms with Crippen molar-refractivity contribution in [1.82, 2.24) is 0 Å². The van der Waals surface area contributed by atoms with Crippen molar-refractivity contribution >= 4 is 39.1 Å². The normalized spacial score (nSPS) is 12.2. The zero-order chi connectivity index (χ0) is 14.7. The van der Waals surface area contributed by atoms with Gasteiger partial charge in [0, 0.05) is 16.6 Å². The zero-order valence-corrected chi connectivity index (χ0v) is 14.0. The van der Waals surface area contributed by atoms with E-state index < -0.39 is 0 Å². The highest BCUT2D eigenvalue weighted by atomic mass is 79.9. The van der Waals surface area contributed by atoms with Crippen LogP contribution in [0.3, 0.4) is 0 Å². The third-order valence-corrected chi connectivity index (χ3v) is 3.92. The predicted molar refractivity (Wildman–Crippen MR) is 88.0 cm³/mol. The second-order valence-electron chi connectivity index (χ2n) is 4.61. The number of hydrogen-bond acceptors (Lipinski definition) is 2. The molecular weight excluding hydrogens is 361 g/mol. The third kappa shape index (κ3) is 4.13. The van der Waals surface area contributed by atoms with Gasteiger partial charge in [-0.3, -0.25) is 0 Å². The summed E-state index contributed by atoms with van der Waals surface area (Å²) in [6, 6.07) is 11.1. The molecule has 2 N–H and O–H groups in total. The molecule has 5 heteroatoms. The van der Waals surface area contributed by atoms with Crippen molar-refractivity contribution < 1.29 is 4.74 Å². The Morgan fingerprint density at radius 1 is 1.15 bits per heavy atom. The molecule has 0 saturated heterocycles. The molecular formula is C15H14BrCl2NO. The van der Waals surface area contributed by atoms with Gasteiger partial charge < -0.3 is 10.5 Å². The van der Waals surface area contributed by atoms with Gasteiger partial charge in [0.25, 0.3) is 0 Å². The molecule has 0 radical (unpaired) electrons. The van der Waals surface area contributed by atoms with Gasteiger partial charge in [0.05, 0.1) is 10.0 Å². The second-order valence-corrected chi connectivity index (χ2v) is 6.34. The van der Waals surface area contributed by atoms with E-state index in [1.807, 2.05) is 25.1 Å². The Labute approximate surface area is 137 Å². The fourth-order valence-corrected chi connectivity index (χ4v) is 2.52. The van der Waals surface area contributed by atoms with Crippen LogP contribution in [0.25, 0.3) is 0 Å². The van der Waals surface area contributed by atoms with Crippen LogP contribution in [-0.4, -0.2) is 6.04 Å². The molecule has 2 nitrogen and oxygen atoms in total. The van der Waals surface area contributed by atoms with Crippen LogP contribution in [0.1, 0.15) is 12.5 Å². The molecule has 0 fully saturated rings. The highest BCUT2D eigenvalue weighted by molar-refractivity contribution is 9.10. The van der Waals surface area contributed by atoms with Crippen molar-refractivity contribution in [3.05, 3.63) is 56.5 Å². The fraction of sp³-hybridized carbons (Fsp3) is 0.200. The standard InChI is InChI=1S/C15H14BrCl2NO/c1-9(19)6-10-7-11(16)2-5-15(10)20-12-3-4-13(17)14(18)8-12/h2-5,7-9H,6,19H2,1H3. The maximum Gasteiger partial charge on any atom is 0.130 e. The van der Waals surface area contributed by atoms with E-state index in [0.29, 0.717) is 15.8 Å². The Kier molecular flexibility index (Phi) is 5.33. The number of nitrogens with two attached hydrogens (primary N) is 1. The smallest absolute Gasteiger partial charge is 0.130 e. The molecule has 0 saturated carbocycles. The Morgan fingerprint density at radius 2 is 1.90 bits per heavy atom. The van der Waals surface area contributed by atoms with E-state index in [1.165, 1.54) is 0 Å². The van der Waals surface area contributed by atoms with Gasteiger partial charge >= 0.3 is 0 Å². The maximum atomic E-state index is 5.99. The van der Waals surface area contributed by atoms with E-state index in [4.69, 9.17) is 33.7 Å². The lowest BCUT2D eigenvalue weighted by Gasteiger charge is -2.13. The average molecular weight is 375 g/mol. The molecule has 106 valence electrons. The first-order valence-electron chi connectivity index (χ1n) is 6.12. The van der Waals surface area contributed by atoms with Crippen LogP contribution in [0.4, 0.5) is 0 Å². The molecule has 0 aliphatic rings. The maximum absolute atomic E-state index is 5.99. The van der Waals surface area contributed by atoms with E-state index >= 15 is 0 Å². The first-order valence-corrected chi connectivity index (χ1v) is 7.67. The lowest BCUT2D eigenvalue weighted by atomic mass is 10.1. The minimum atomic E-state index is 0.0560. The molecule has 0 bridgehead atoms. The number of rotatable bonds is 4. The van der Waals surface area contributed by atoms with Gasteiger partial charge in [0.1, 0.15) is 11.5 Å². The van der Waals surface area contributed by atoms with Crippen LogP contribution in [-0.2, 0) is 6.42 Å². The van der Waals surface area contributed by atoms with Gasteiger partial charge in [-0.25, -0.2) is 0 Å². The SMILES string of the molecule is CC(N)Cc1cc(Br)ccc1Oc1ccc(Cl)c(Cl)c1. The van der Waals surface area contributed by atoms with Gasteiger partial charge in [-0.2, -0.15) is 0 Å². The van der Waals surface area contributed by atoms with Crippen LogP contribution in [0, 0.1) is 0 Å². The first kappa shape index (κ1) is 15.6. The molecule has 20 heavy (non-hydrogen) atoms. The molecule has 0 aromatic heterocycles. The van der Waals surface area contributed by atoms with Gasteiger partial charge in [0.2, 0.25) is 0 Å². The minimum absolute atomic E-state index is 0.0560. The summed E-state index contributed by atoms with van der Waals surface area (Å²) in [6.07, 6.45) is 0.732. The molecule has 0 aliphatic carbocycles. The highest BCUT2D eigenvalue weighted by Gasteiger charge is 2.09. The lowest BCUT2D eigenvalue weighted by molar-refractivity contribution is 0.474. The molecule has 0 heterocycles. The molecule has 0 aliphatic heterocycles. The average Bonchev–Trinajstić information content (AvgIpc) is 2.36. The number of benzene rings is 2. The van der Waals surface area contributed by atoms with Crippen LogP contribution in [0.2, 0.25) is 10.0 Å². The summed E-state index contributed by atoms with van der Waals surface area (Å²) in [6.45, 7) is 1.96. The van der Waals surface area contributed by atoms with Crippen molar-refractivity contribution in [3.63, 3.8) is 0 Å². The predicted octanol–water partition coefficient (Wildman–Crippen LogP) is 5.44. The largest absolute Gasteiger partial charge is 0.457 e. The van der Waals surface area contributed by atoms with E-state index in [0.717, 1.165) is 22.2 Å². The van der Waals surface area contributed by atoms with Gasteiger partial charge in [0.15, 0.2) is 0 Å². The van der Waals surface area contributed by atoms with E-state index in [2.05, 4.69) is 15.9 Å². The van der Waals surface area contributed by atoms with Gasteiger partial charge in [-0.15, -0.1) is 0 Å². The molecule has 0 amide bonds. The summed E-state index contributed by atoms with van der Waals surface area (Å²) < 4.78 is 6.88. The lowest BCUT2D eigenvalue weighted by Crippen LogP contribution is -2.18. The number of hydrogen-bond donors (Lipinski definition) is 1. The van der Waals surface area contributed by atoms with Crippen molar-refractivity contribution in [2.75, 3.05) is 0 Å². The number of ether oxygens (including phenoxy) is 1. The Bertz CT molecular complexity index is 617. The monoisotopic (exact) mass is 373 g/mol. The van der Waals surface area contributed by atoms with Gasteiger partial charge in [-0.1, -0.05) is 39.1 Å². The second kappa shape index (κ2) is 6.81. The Morgan fingerprint density at radius 3 is 2.55 bits per heavy atom. The molecule has 1 atom stereocenters. The third-order valence-electron chi connectivity index (χ3n) is 2.68. The Balaban J connectivity index is 2.30. The van der Waals surface area contributed by atoms with Crippen LogP contribution >= 0.6 is 39.1 Å². The molecule has 2 rings (SSSR count). The van der Waals surface area contributed by atoms with Crippen molar-refractivity contribution in [2.24, 2.45) is 5.73 Å². The van der Waals surface area contributed by atoms with Crippen LogP contribution in [0.15, 0.2) is 40.9 Å². The summed E-state index contributed by atoms with van der Waals surface area (Å²) in [5, 5.41) is 0.973. The summed E-state index contributed by atoms with van der Waals surface area (Å²) >= 11 is 15.3.